The van der Waals surface area contributed by atoms with Crippen molar-refractivity contribution in [1.29, 1.82) is 0 Å². The normalized spacial score (nSPS) is 19.7. The number of nitrogen functional groups attached to an aromatic ring is 1. The van der Waals surface area contributed by atoms with E-state index in [0.717, 1.165) is 34.4 Å². The van der Waals surface area contributed by atoms with Crippen molar-refractivity contribution in [1.82, 2.24) is 25.3 Å². The molecule has 1 fully saturated rings. The molecule has 1 aromatic carbocycles. The first-order valence-electron chi connectivity index (χ1n) is 15.1. The fourth-order valence-corrected chi connectivity index (χ4v) is 6.22. The molecule has 0 radical (unpaired) electrons. The Morgan fingerprint density at radius 3 is 2.58 bits per heavy atom. The Bertz CT molecular complexity index is 1920. The Labute approximate surface area is 289 Å². The second-order valence-corrected chi connectivity index (χ2v) is 13.9. The molecule has 3 aromatic rings. The minimum absolute atomic E-state index is 0.0579. The first-order valence-corrected chi connectivity index (χ1v) is 17.4. The van der Waals surface area contributed by atoms with Crippen LogP contribution in [0.25, 0.3) is 11.1 Å². The molecule has 2 unspecified atom stereocenters. The molecule has 50 heavy (non-hydrogen) atoms. The third-order valence-corrected chi connectivity index (χ3v) is 9.13. The number of carboxylic acids is 1. The summed E-state index contributed by atoms with van der Waals surface area (Å²) in [6.45, 7) is 5.19. The molecule has 0 saturated carbocycles. The van der Waals surface area contributed by atoms with Gasteiger partial charge in [-0.25, -0.2) is 19.7 Å². The minimum Gasteiger partial charge on any atom is -0.485 e. The fraction of sp³-hybridized carbons (Fsp3) is 0.414. The lowest BCUT2D eigenvalue weighted by Gasteiger charge is -2.50. The maximum atomic E-state index is 13.5. The van der Waals surface area contributed by atoms with Gasteiger partial charge in [0.2, 0.25) is 5.95 Å². The van der Waals surface area contributed by atoms with Gasteiger partial charge in [0, 0.05) is 29.9 Å². The van der Waals surface area contributed by atoms with Crippen molar-refractivity contribution in [2.75, 3.05) is 24.1 Å². The molecule has 0 spiro atoms. The average molecular weight is 734 g/mol. The summed E-state index contributed by atoms with van der Waals surface area (Å²) in [5.74, 6) is -2.54. The predicted molar refractivity (Wildman–Crippen MR) is 178 cm³/mol. The summed E-state index contributed by atoms with van der Waals surface area (Å²) in [6.07, 6.45) is 3.72. The van der Waals surface area contributed by atoms with Crippen molar-refractivity contribution in [2.45, 2.75) is 63.3 Å². The molecule has 2 amide bonds. The number of hydrogen-bond donors (Lipinski definition) is 6. The van der Waals surface area contributed by atoms with Gasteiger partial charge in [-0.1, -0.05) is 11.2 Å². The number of oxime groups is 1. The smallest absolute Gasteiger partial charge is 0.418 e. The van der Waals surface area contributed by atoms with Crippen LogP contribution in [0.15, 0.2) is 41.1 Å². The predicted octanol–water partition coefficient (Wildman–Crippen LogP) is 0.741. The maximum absolute atomic E-state index is 13.5. The number of carboxylic acid groups (broad SMARTS) is 1. The van der Waals surface area contributed by atoms with Gasteiger partial charge >= 0.3 is 16.4 Å². The van der Waals surface area contributed by atoms with Crippen LogP contribution in [0, 0.1) is 0 Å². The largest absolute Gasteiger partial charge is 0.485 e. The second-order valence-electron chi connectivity index (χ2n) is 12.0. The topological polar surface area (TPSA) is 284 Å². The van der Waals surface area contributed by atoms with Crippen LogP contribution in [0.2, 0.25) is 0 Å². The molecule has 3 atom stereocenters. The summed E-state index contributed by atoms with van der Waals surface area (Å²) in [6, 6.07) is 4.07. The van der Waals surface area contributed by atoms with E-state index in [1.807, 2.05) is 6.07 Å². The maximum Gasteiger partial charge on any atom is 0.418 e. The number of β-lactam (4-membered cyclic amide) rings is 1. The van der Waals surface area contributed by atoms with Crippen molar-refractivity contribution >= 4 is 56.3 Å². The number of ether oxygens (including phenoxy) is 1. The van der Waals surface area contributed by atoms with Crippen LogP contribution in [-0.4, -0.2) is 98.0 Å². The van der Waals surface area contributed by atoms with Crippen LogP contribution in [0.3, 0.4) is 0 Å². The van der Waals surface area contributed by atoms with Gasteiger partial charge in [-0.15, -0.1) is 15.6 Å². The summed E-state index contributed by atoms with van der Waals surface area (Å²) in [5.41, 5.74) is 9.54. The van der Waals surface area contributed by atoms with E-state index in [1.54, 1.807) is 24.5 Å². The van der Waals surface area contributed by atoms with Crippen molar-refractivity contribution < 1.29 is 46.3 Å². The number of nitrogens with zero attached hydrogens (tertiary/aromatic N) is 5. The van der Waals surface area contributed by atoms with E-state index in [2.05, 4.69) is 35.0 Å². The van der Waals surface area contributed by atoms with Gasteiger partial charge < -0.3 is 36.8 Å². The fourth-order valence-electron chi connectivity index (χ4n) is 5.22. The summed E-state index contributed by atoms with van der Waals surface area (Å²) in [4.78, 5) is 57.1. The van der Waals surface area contributed by atoms with E-state index < -0.39 is 57.2 Å². The zero-order chi connectivity index (χ0) is 36.4. The van der Waals surface area contributed by atoms with Gasteiger partial charge in [-0.3, -0.25) is 14.1 Å². The monoisotopic (exact) mass is 733 g/mol. The number of thiazole rings is 1. The van der Waals surface area contributed by atoms with Gasteiger partial charge in [0.05, 0.1) is 5.54 Å². The molecule has 2 aromatic heterocycles. The molecule has 0 aliphatic carbocycles. The van der Waals surface area contributed by atoms with Crippen molar-refractivity contribution in [3.8, 4) is 16.9 Å². The highest BCUT2D eigenvalue weighted by molar-refractivity contribution is 7.80. The first-order chi connectivity index (χ1) is 23.5. The van der Waals surface area contributed by atoms with E-state index in [-0.39, 0.29) is 17.2 Å². The number of hydrogen-bond acceptors (Lipinski definition) is 16. The number of carbonyl (C=O) groups excluding carboxylic acids is 2. The number of aliphatic carboxylic acids is 1. The summed E-state index contributed by atoms with van der Waals surface area (Å²) in [7, 11) is -5.03. The molecular formula is C29H35N9O10S2. The van der Waals surface area contributed by atoms with Gasteiger partial charge in [-0.2, -0.15) is 13.5 Å². The number of aromatic nitrogens is 3. The van der Waals surface area contributed by atoms with Gasteiger partial charge in [0.1, 0.15) is 17.5 Å². The quantitative estimate of drug-likeness (QED) is 0.0438. The van der Waals surface area contributed by atoms with E-state index in [0.29, 0.717) is 36.3 Å². The first kappa shape index (κ1) is 36.3. The van der Waals surface area contributed by atoms with Crippen LogP contribution < -0.4 is 26.8 Å². The Balaban J connectivity index is 1.33. The third kappa shape index (κ3) is 7.60. The summed E-state index contributed by atoms with van der Waals surface area (Å²) in [5, 5.41) is 21.5. The number of carbonyl (C=O) groups is 3. The zero-order valence-electron chi connectivity index (χ0n) is 27.0. The lowest BCUT2D eigenvalue weighted by molar-refractivity contribution is -0.218. The van der Waals surface area contributed by atoms with Crippen molar-refractivity contribution in [2.24, 2.45) is 10.9 Å². The van der Waals surface area contributed by atoms with Crippen LogP contribution in [0.1, 0.15) is 44.9 Å². The Hall–Kier alpha value is -4.96. The molecule has 2 aliphatic heterocycles. The molecule has 268 valence electrons. The number of fused-ring (bicyclic) bond motifs is 1. The van der Waals surface area contributed by atoms with Crippen LogP contribution in [-0.2, 0) is 40.3 Å². The molecule has 8 N–H and O–H groups in total. The number of hydroxylamine groups is 2. The number of anilines is 2. The molecule has 4 heterocycles. The highest BCUT2D eigenvalue weighted by atomic mass is 32.3. The van der Waals surface area contributed by atoms with E-state index >= 15 is 0 Å². The zero-order valence-corrected chi connectivity index (χ0v) is 28.7. The van der Waals surface area contributed by atoms with Crippen LogP contribution >= 0.6 is 11.3 Å². The van der Waals surface area contributed by atoms with Crippen LogP contribution in [0.4, 0.5) is 11.1 Å². The minimum atomic E-state index is -5.03. The highest BCUT2D eigenvalue weighted by Gasteiger charge is 2.58. The van der Waals surface area contributed by atoms with Gasteiger partial charge in [0.25, 0.3) is 17.4 Å². The summed E-state index contributed by atoms with van der Waals surface area (Å²) >= 11 is 0.964. The number of amides is 2. The molecule has 0 bridgehead atoms. The van der Waals surface area contributed by atoms with E-state index in [1.165, 1.54) is 26.2 Å². The van der Waals surface area contributed by atoms with E-state index in [9.17, 15) is 27.9 Å². The van der Waals surface area contributed by atoms with Gasteiger partial charge in [0.15, 0.2) is 16.9 Å². The Morgan fingerprint density at radius 2 is 1.98 bits per heavy atom. The van der Waals surface area contributed by atoms with Crippen molar-refractivity contribution in [3.05, 3.63) is 47.2 Å². The number of nitrogens with one attached hydrogen (secondary N) is 2. The number of benzene rings is 1. The molecular weight excluding hydrogens is 699 g/mol. The SMILES string of the molecule is CC(O/N=C(\C(=O)NC1C(=O)N(OS(=O)(=O)O)C1(C)C)c1csc(N)n1)(C(=O)O)[C@H]1CCc2cc(-c3cnc(NCCCN)nc3)ccc2O1. The average Bonchev–Trinajstić information content (AvgIpc) is 3.50. The molecule has 1 saturated heterocycles. The number of nitrogens with two attached hydrogens (primary N) is 2. The van der Waals surface area contributed by atoms with Gasteiger partial charge in [-0.05, 0) is 69.8 Å². The lowest BCUT2D eigenvalue weighted by Crippen LogP contribution is -2.76. The van der Waals surface area contributed by atoms with Crippen molar-refractivity contribution in [3.63, 3.8) is 0 Å². The lowest BCUT2D eigenvalue weighted by atomic mass is 9.84. The Morgan fingerprint density at radius 1 is 1.26 bits per heavy atom. The molecule has 5 rings (SSSR count). The number of aryl methyl sites for hydroxylation is 1. The third-order valence-electron chi connectivity index (χ3n) is 8.12. The standard InChI is InChI=1S/C29H35N9O10S2/c1-28(2)22(24(40)38(28)48-50(43,44)45)36-23(39)21(18-14-49-26(31)35-18)37-47-29(3,25(41)42)20-8-6-16-11-15(5-7-19(16)46-20)17-12-33-27(34-13-17)32-10-4-9-30/h5,7,11-14,20,22H,4,6,8-10,30H2,1-3H3,(H2,31,35)(H,36,39)(H,41,42)(H,32,33,34)(H,43,44,45)/b37-21-/t20-,22?,29?/m1/s1. The molecule has 21 heteroatoms. The molecule has 2 aliphatic rings. The van der Waals surface area contributed by atoms with E-state index in [4.69, 9.17) is 25.6 Å². The summed E-state index contributed by atoms with van der Waals surface area (Å²) < 4.78 is 41.8. The number of rotatable bonds is 14. The highest BCUT2D eigenvalue weighted by Crippen LogP contribution is 2.37. The molecule has 19 nitrogen and oxygen atoms in total. The Kier molecular flexibility index (Phi) is 10.3. The second kappa shape index (κ2) is 14.1. The van der Waals surface area contributed by atoms with Crippen LogP contribution in [0.5, 0.6) is 5.75 Å².